The molecule has 0 radical (unpaired) electrons. The molecule has 0 unspecified atom stereocenters. The molecule has 3 aliphatic heterocycles. The van der Waals surface area contributed by atoms with Gasteiger partial charge >= 0.3 is 0 Å². The predicted molar refractivity (Wildman–Crippen MR) is 677 cm³/mol. The van der Waals surface area contributed by atoms with Crippen LogP contribution < -0.4 is 4.74 Å². The predicted octanol–water partition coefficient (Wildman–Crippen LogP) is 46.5. The molecule has 0 amide bonds. The monoisotopic (exact) mass is 2010 g/mol. The normalized spacial score (nSPS) is 11.0. The van der Waals surface area contributed by atoms with E-state index in [2.05, 4.69) is 339 Å². The van der Waals surface area contributed by atoms with Gasteiger partial charge in [0.15, 0.2) is 0 Å². The maximum absolute atomic E-state index is 5.30. The Morgan fingerprint density at radius 2 is 0.507 bits per heavy atom. The topological polar surface area (TPSA) is 69.2 Å². The molecule has 7 heteroatoms. The Bertz CT molecular complexity index is 2890. The average molecular weight is 2020 g/mol. The van der Waals surface area contributed by atoms with Gasteiger partial charge in [0, 0.05) is 49.8 Å². The summed E-state index contributed by atoms with van der Waals surface area (Å²) in [6.45, 7) is 110. The second kappa shape index (κ2) is 143. The maximum atomic E-state index is 5.30. The van der Waals surface area contributed by atoms with E-state index < -0.39 is 0 Å². The lowest BCUT2D eigenvalue weighted by molar-refractivity contribution is 0.0968. The summed E-state index contributed by atoms with van der Waals surface area (Å²) in [6, 6.07) is 95.8. The number of aromatic nitrogens is 1. The van der Waals surface area contributed by atoms with Crippen molar-refractivity contribution in [2.45, 2.75) is 403 Å². The molecule has 144 heavy (non-hydrogen) atoms. The van der Waals surface area contributed by atoms with Crippen LogP contribution in [0.4, 0.5) is 0 Å². The van der Waals surface area contributed by atoms with Gasteiger partial charge in [-0.25, -0.2) is 0 Å². The van der Waals surface area contributed by atoms with E-state index in [4.69, 9.17) is 13.9 Å². The Balaban J connectivity index is -0.0000000926. The summed E-state index contributed by atoms with van der Waals surface area (Å²) >= 11 is 1.88. The van der Waals surface area contributed by atoms with Gasteiger partial charge < -0.3 is 13.9 Å². The molecule has 834 valence electrons. The number of furan rings is 1. The second-order valence-corrected chi connectivity index (χ2v) is 45.3. The Morgan fingerprint density at radius 1 is 0.292 bits per heavy atom. The standard InChI is InChI=1S/C8H8O.C8H6O.C6H12.6C6H6.C5H5N.C5H10O.C5H12.C4H10S.C4H8.12C4H10.C3H4N2.2C2H6.CH4/c2*1-2-4-8-7(3-1)5-6-9-8;1-5(2)6-3-4-6;8*1-2-4-6-5-3-1;1-5(2,3)4;1-4(2)5-3;1-4-2-3-4;12*1-4(2)3;1-2-5-3-4-1;2*1-2;/h1-4H,5-6H2;1-6H;5-6H,3-4H2,1-2H3;6*1-6H;1-5H;1-5H2;1-4H3;4H,1-3H3;4H,2-3H2,1H3;12*4H,1-3H3;1-2H,3H2;2*1-2H3;1H4. The number of aliphatic imine (C=N–C) groups is 2. The van der Waals surface area contributed by atoms with Crippen molar-refractivity contribution in [1.29, 1.82) is 0 Å². The van der Waals surface area contributed by atoms with Crippen LogP contribution in [0, 0.1) is 94.2 Å². The molecule has 1 saturated heterocycles. The number of hydrogen-bond donors (Lipinski definition) is 0. The molecule has 0 bridgehead atoms. The van der Waals surface area contributed by atoms with Gasteiger partial charge in [0.1, 0.15) is 18.0 Å². The summed E-state index contributed by atoms with van der Waals surface area (Å²) in [5.41, 5.74) is 2.80. The van der Waals surface area contributed by atoms with Crippen molar-refractivity contribution in [1.82, 2.24) is 4.98 Å². The number of fused-ring (bicyclic) bond motifs is 2. The van der Waals surface area contributed by atoms with Crippen molar-refractivity contribution in [3.63, 3.8) is 0 Å². The Labute approximate surface area is 909 Å². The molecule has 6 nitrogen and oxygen atoms in total. The van der Waals surface area contributed by atoms with Gasteiger partial charge in [0.05, 0.1) is 12.9 Å². The first-order chi connectivity index (χ1) is 67.2. The first kappa shape index (κ1) is 169. The fourth-order valence-corrected chi connectivity index (χ4v) is 6.50. The summed E-state index contributed by atoms with van der Waals surface area (Å²) < 4.78 is 15.5. The molecular weight excluding hydrogens is 1770 g/mol. The van der Waals surface area contributed by atoms with Gasteiger partial charge in [-0.2, -0.15) is 11.8 Å². The highest BCUT2D eigenvalue weighted by molar-refractivity contribution is 7.99. The summed E-state index contributed by atoms with van der Waals surface area (Å²) in [6.07, 6.45) is 21.7. The lowest BCUT2D eigenvalue weighted by Gasteiger charge is -2.08. The van der Waals surface area contributed by atoms with Crippen LogP contribution in [0.15, 0.2) is 324 Å². The second-order valence-electron chi connectivity index (χ2n) is 43.9. The molecule has 10 aromatic rings. The van der Waals surface area contributed by atoms with Gasteiger partial charge in [-0.15, -0.1) is 0 Å². The van der Waals surface area contributed by atoms with Crippen LogP contribution in [0.1, 0.15) is 397 Å². The average Bonchev–Trinajstić information content (AvgIpc) is 1.75. The lowest BCUT2D eigenvalue weighted by Crippen LogP contribution is -2.03. The van der Waals surface area contributed by atoms with Crippen LogP contribution >= 0.6 is 11.8 Å². The van der Waals surface area contributed by atoms with Gasteiger partial charge in [0.2, 0.25) is 0 Å². The molecule has 5 aliphatic rings. The number of pyridine rings is 1. The maximum Gasteiger partial charge on any atom is 0.133 e. The van der Waals surface area contributed by atoms with Crippen molar-refractivity contribution in [3.8, 4) is 5.75 Å². The molecule has 0 N–H and O–H groups in total. The smallest absolute Gasteiger partial charge is 0.133 e. The molecule has 0 spiro atoms. The SMILES string of the molecule is C.C1=NCN=C1.C1CCOCC1.CC.CC.CC(C)(C)C.CC(C)C.CC(C)C.CC(C)C.CC(C)C.CC(C)C.CC(C)C.CC(C)C.CC(C)C.CC(C)C.CC(C)C.CC(C)C.CC(C)C.CC(C)C1CC1.CC1CC1.CSC(C)C.c1ccc2c(c1)CCO2.c1ccc2occc2c1.c1ccccc1.c1ccccc1.c1ccccc1.c1ccccc1.c1ccccc1.c1ccccc1.c1ccncc1. The minimum Gasteiger partial charge on any atom is -0.493 e. The molecule has 15 rings (SSSR count). The van der Waals surface area contributed by atoms with Crippen LogP contribution in [0.25, 0.3) is 11.0 Å². The van der Waals surface area contributed by atoms with Crippen molar-refractivity contribution in [2.24, 2.45) is 104 Å². The van der Waals surface area contributed by atoms with Crippen LogP contribution in [0.2, 0.25) is 0 Å². The molecule has 8 aromatic carbocycles. The summed E-state index contributed by atoms with van der Waals surface area (Å²) in [7, 11) is 0. The quantitative estimate of drug-likeness (QED) is 0.172. The fraction of sp³-hybridized carbons (Fsp3) is 0.584. The van der Waals surface area contributed by atoms with Crippen molar-refractivity contribution >= 4 is 35.2 Å². The van der Waals surface area contributed by atoms with Crippen LogP contribution in [-0.2, 0) is 11.2 Å². The van der Waals surface area contributed by atoms with Gasteiger partial charge in [-0.1, -0.05) is 620 Å². The number of para-hydroxylation sites is 2. The first-order valence-corrected chi connectivity index (χ1v) is 56.5. The van der Waals surface area contributed by atoms with E-state index in [1.165, 1.54) is 50.5 Å². The van der Waals surface area contributed by atoms with E-state index in [9.17, 15) is 0 Å². The van der Waals surface area contributed by atoms with Crippen molar-refractivity contribution in [3.05, 3.63) is 315 Å². The zero-order valence-electron chi connectivity index (χ0n) is 104. The summed E-state index contributed by atoms with van der Waals surface area (Å²) in [5, 5.41) is 1.97. The fourth-order valence-electron chi connectivity index (χ4n) is 6.50. The summed E-state index contributed by atoms with van der Waals surface area (Å²) in [4.78, 5) is 11.3. The van der Waals surface area contributed by atoms with Crippen molar-refractivity contribution < 1.29 is 13.9 Å². The zero-order valence-corrected chi connectivity index (χ0v) is 105. The number of nitrogens with zero attached hydrogens (tertiary/aromatic N) is 3. The zero-order chi connectivity index (χ0) is 113. The largest absolute Gasteiger partial charge is 0.493 e. The Morgan fingerprint density at radius 3 is 0.646 bits per heavy atom. The van der Waals surface area contributed by atoms with Crippen LogP contribution in [-0.4, -0.2) is 55.4 Å². The van der Waals surface area contributed by atoms with Gasteiger partial charge in [-0.05, 0) is 174 Å². The van der Waals surface area contributed by atoms with E-state index in [1.807, 2.05) is 325 Å². The Hall–Kier alpha value is -8.10. The molecule has 2 saturated carbocycles. The number of thioether (sulfide) groups is 1. The lowest BCUT2D eigenvalue weighted by atomic mass is 10.0. The van der Waals surface area contributed by atoms with Crippen molar-refractivity contribution in [2.75, 3.05) is 32.7 Å². The van der Waals surface area contributed by atoms with Gasteiger partial charge in [0.25, 0.3) is 0 Å². The van der Waals surface area contributed by atoms with E-state index in [-0.39, 0.29) is 7.43 Å². The third-order valence-electron chi connectivity index (χ3n) is 12.0. The van der Waals surface area contributed by atoms with E-state index in [1.54, 1.807) is 31.1 Å². The highest BCUT2D eigenvalue weighted by Gasteiger charge is 2.24. The molecule has 5 heterocycles. The van der Waals surface area contributed by atoms with E-state index >= 15 is 0 Å². The highest BCUT2D eigenvalue weighted by atomic mass is 32.2. The molecule has 0 atom stereocenters. The minimum atomic E-state index is 0. The third-order valence-corrected chi connectivity index (χ3v) is 12.9. The van der Waals surface area contributed by atoms with E-state index in [0.29, 0.717) is 12.1 Å². The van der Waals surface area contributed by atoms with Crippen LogP contribution in [0.5, 0.6) is 5.75 Å². The molecule has 2 aromatic heterocycles. The first-order valence-electron chi connectivity index (χ1n) is 55.3. The summed E-state index contributed by atoms with van der Waals surface area (Å²) in [5.74, 6) is 14.2. The molecular formula is C137H247N3O3S. The number of rotatable bonds is 2. The number of hydrogen-bond acceptors (Lipinski definition) is 7. The molecule has 2 aliphatic carbocycles. The third kappa shape index (κ3) is 286. The number of ether oxygens (including phenoxy) is 2. The Kier molecular flexibility index (Phi) is 168. The minimum absolute atomic E-state index is 0. The molecule has 3 fully saturated rings. The van der Waals surface area contributed by atoms with Crippen LogP contribution in [0.3, 0.4) is 0 Å². The van der Waals surface area contributed by atoms with E-state index in [0.717, 1.165) is 137 Å². The number of benzene rings is 8. The van der Waals surface area contributed by atoms with Gasteiger partial charge in [-0.3, -0.25) is 15.0 Å². The highest BCUT2D eigenvalue weighted by Crippen LogP contribution is 2.36.